The highest BCUT2D eigenvalue weighted by Gasteiger charge is 2.18. The van der Waals surface area contributed by atoms with Crippen molar-refractivity contribution in [3.05, 3.63) is 35.4 Å². The fourth-order valence-electron chi connectivity index (χ4n) is 2.55. The molecule has 2 rings (SSSR count). The molecule has 1 aliphatic rings. The van der Waals surface area contributed by atoms with Crippen LogP contribution in [0.5, 0.6) is 0 Å². The molecule has 4 heteroatoms. The molecule has 0 radical (unpaired) electrons. The molecular formula is C16H23N3O. The van der Waals surface area contributed by atoms with E-state index in [1.807, 2.05) is 25.1 Å². The van der Waals surface area contributed by atoms with E-state index in [0.29, 0.717) is 6.04 Å². The van der Waals surface area contributed by atoms with Crippen LogP contribution in [0, 0.1) is 11.3 Å². The zero-order valence-corrected chi connectivity index (χ0v) is 12.1. The van der Waals surface area contributed by atoms with Crippen LogP contribution < -0.4 is 5.32 Å². The van der Waals surface area contributed by atoms with Gasteiger partial charge in [-0.2, -0.15) is 5.26 Å². The Bertz CT molecular complexity index is 455. The lowest BCUT2D eigenvalue weighted by atomic mass is 10.1. The number of rotatable bonds is 6. The van der Waals surface area contributed by atoms with E-state index in [4.69, 9.17) is 10.00 Å². The summed E-state index contributed by atoms with van der Waals surface area (Å²) in [5, 5.41) is 12.4. The van der Waals surface area contributed by atoms with Crippen LogP contribution in [-0.4, -0.2) is 50.3 Å². The first-order valence-electron chi connectivity index (χ1n) is 7.34. The second-order valence-electron chi connectivity index (χ2n) is 5.17. The first-order chi connectivity index (χ1) is 9.81. The first kappa shape index (κ1) is 15.0. The van der Waals surface area contributed by atoms with Gasteiger partial charge in [0.2, 0.25) is 0 Å². The van der Waals surface area contributed by atoms with E-state index in [1.54, 1.807) is 0 Å². The van der Waals surface area contributed by atoms with Gasteiger partial charge in [-0.25, -0.2) is 0 Å². The van der Waals surface area contributed by atoms with Gasteiger partial charge >= 0.3 is 0 Å². The molecule has 0 spiro atoms. The molecule has 1 heterocycles. The highest BCUT2D eigenvalue weighted by atomic mass is 16.5. The van der Waals surface area contributed by atoms with Crippen LogP contribution in [0.3, 0.4) is 0 Å². The highest BCUT2D eigenvalue weighted by molar-refractivity contribution is 5.32. The maximum absolute atomic E-state index is 8.91. The summed E-state index contributed by atoms with van der Waals surface area (Å²) in [6, 6.07) is 10.5. The van der Waals surface area contributed by atoms with E-state index in [0.717, 1.165) is 51.4 Å². The third-order valence-electron chi connectivity index (χ3n) is 3.64. The number of nitrogens with one attached hydrogen (secondary N) is 1. The van der Waals surface area contributed by atoms with Gasteiger partial charge in [0, 0.05) is 38.8 Å². The zero-order chi connectivity index (χ0) is 14.2. The second-order valence-corrected chi connectivity index (χ2v) is 5.17. The van der Waals surface area contributed by atoms with E-state index in [1.165, 1.54) is 5.56 Å². The fraction of sp³-hybridized carbons (Fsp3) is 0.562. The normalized spacial score (nSPS) is 19.7. The Labute approximate surface area is 121 Å². The molecule has 0 aromatic heterocycles. The van der Waals surface area contributed by atoms with E-state index in [-0.39, 0.29) is 0 Å². The molecule has 0 bridgehead atoms. The van der Waals surface area contributed by atoms with Crippen LogP contribution in [0.1, 0.15) is 18.1 Å². The molecule has 4 nitrogen and oxygen atoms in total. The van der Waals surface area contributed by atoms with E-state index < -0.39 is 0 Å². The summed E-state index contributed by atoms with van der Waals surface area (Å²) in [4.78, 5) is 2.47. The number of hydrogen-bond donors (Lipinski definition) is 1. The number of nitriles is 1. The van der Waals surface area contributed by atoms with Crippen molar-refractivity contribution in [1.29, 1.82) is 5.26 Å². The molecule has 1 N–H and O–H groups in total. The Morgan fingerprint density at radius 3 is 3.20 bits per heavy atom. The molecule has 0 aliphatic carbocycles. The average molecular weight is 273 g/mol. The molecule has 1 saturated heterocycles. The summed E-state index contributed by atoms with van der Waals surface area (Å²) in [6.45, 7) is 7.78. The van der Waals surface area contributed by atoms with Gasteiger partial charge in [0.15, 0.2) is 0 Å². The van der Waals surface area contributed by atoms with Crippen LogP contribution in [0.2, 0.25) is 0 Å². The van der Waals surface area contributed by atoms with Crippen LogP contribution in [0.4, 0.5) is 0 Å². The van der Waals surface area contributed by atoms with Crippen LogP contribution in [0.15, 0.2) is 24.3 Å². The quantitative estimate of drug-likeness (QED) is 0.851. The minimum absolute atomic E-state index is 0.439. The number of piperazine rings is 1. The minimum Gasteiger partial charge on any atom is -0.380 e. The number of nitrogens with zero attached hydrogens (tertiary/aromatic N) is 2. The lowest BCUT2D eigenvalue weighted by molar-refractivity contribution is 0.0895. The van der Waals surface area contributed by atoms with Gasteiger partial charge in [-0.15, -0.1) is 0 Å². The molecule has 1 aromatic carbocycles. The van der Waals surface area contributed by atoms with Crippen molar-refractivity contribution >= 4 is 0 Å². The summed E-state index contributed by atoms with van der Waals surface area (Å²) in [5.74, 6) is 0. The minimum atomic E-state index is 0.439. The largest absolute Gasteiger partial charge is 0.380 e. The maximum Gasteiger partial charge on any atom is 0.0991 e. The Morgan fingerprint density at radius 1 is 1.50 bits per heavy atom. The predicted molar refractivity (Wildman–Crippen MR) is 79.6 cm³/mol. The Balaban J connectivity index is 1.79. The van der Waals surface area contributed by atoms with E-state index in [9.17, 15) is 0 Å². The molecule has 1 unspecified atom stereocenters. The van der Waals surface area contributed by atoms with Gasteiger partial charge in [-0.3, -0.25) is 0 Å². The average Bonchev–Trinajstić information content (AvgIpc) is 2.51. The van der Waals surface area contributed by atoms with Crippen molar-refractivity contribution in [3.8, 4) is 6.07 Å². The molecule has 20 heavy (non-hydrogen) atoms. The Kier molecular flexibility index (Phi) is 6.00. The first-order valence-corrected chi connectivity index (χ1v) is 7.34. The topological polar surface area (TPSA) is 48.3 Å². The smallest absolute Gasteiger partial charge is 0.0991 e. The summed E-state index contributed by atoms with van der Waals surface area (Å²) >= 11 is 0. The number of hydrogen-bond acceptors (Lipinski definition) is 4. The predicted octanol–water partition coefficient (Wildman–Crippen LogP) is 1.41. The molecule has 0 saturated carbocycles. The van der Waals surface area contributed by atoms with Crippen molar-refractivity contribution in [2.75, 3.05) is 39.4 Å². The molecular weight excluding hydrogens is 250 g/mol. The molecule has 1 aromatic rings. The third kappa shape index (κ3) is 4.61. The SMILES string of the molecule is CCOCC1CN(CCc2cccc(C#N)c2)CCN1. The lowest BCUT2D eigenvalue weighted by Crippen LogP contribution is -2.52. The van der Waals surface area contributed by atoms with Gasteiger partial charge in [0.05, 0.1) is 18.2 Å². The van der Waals surface area contributed by atoms with Gasteiger partial charge in [0.25, 0.3) is 0 Å². The summed E-state index contributed by atoms with van der Waals surface area (Å²) < 4.78 is 5.49. The monoisotopic (exact) mass is 273 g/mol. The van der Waals surface area contributed by atoms with E-state index in [2.05, 4.69) is 22.4 Å². The number of benzene rings is 1. The fourth-order valence-corrected chi connectivity index (χ4v) is 2.55. The zero-order valence-electron chi connectivity index (χ0n) is 12.1. The van der Waals surface area contributed by atoms with Gasteiger partial charge < -0.3 is 15.0 Å². The van der Waals surface area contributed by atoms with Crippen molar-refractivity contribution in [1.82, 2.24) is 10.2 Å². The Morgan fingerprint density at radius 2 is 2.40 bits per heavy atom. The van der Waals surface area contributed by atoms with Crippen molar-refractivity contribution in [2.45, 2.75) is 19.4 Å². The summed E-state index contributed by atoms with van der Waals surface area (Å²) in [6.07, 6.45) is 0.997. The van der Waals surface area contributed by atoms with Crippen molar-refractivity contribution in [2.24, 2.45) is 0 Å². The maximum atomic E-state index is 8.91. The third-order valence-corrected chi connectivity index (χ3v) is 3.64. The van der Waals surface area contributed by atoms with Crippen LogP contribution in [-0.2, 0) is 11.2 Å². The highest BCUT2D eigenvalue weighted by Crippen LogP contribution is 2.07. The van der Waals surface area contributed by atoms with Crippen molar-refractivity contribution in [3.63, 3.8) is 0 Å². The van der Waals surface area contributed by atoms with Crippen LogP contribution >= 0.6 is 0 Å². The van der Waals surface area contributed by atoms with Crippen molar-refractivity contribution < 1.29 is 4.74 Å². The molecule has 108 valence electrons. The number of ether oxygens (including phenoxy) is 1. The second kappa shape index (κ2) is 8.01. The van der Waals surface area contributed by atoms with Gasteiger partial charge in [-0.1, -0.05) is 12.1 Å². The molecule has 0 amide bonds. The Hall–Kier alpha value is -1.41. The standard InChI is InChI=1S/C16H23N3O/c1-2-20-13-16-12-19(9-7-18-16)8-6-14-4-3-5-15(10-14)11-17/h3-5,10,16,18H,2,6-9,12-13H2,1H3. The van der Waals surface area contributed by atoms with Gasteiger partial charge in [-0.05, 0) is 31.0 Å². The van der Waals surface area contributed by atoms with Gasteiger partial charge in [0.1, 0.15) is 0 Å². The summed E-state index contributed by atoms with van der Waals surface area (Å²) in [5.41, 5.74) is 1.99. The molecule has 1 atom stereocenters. The lowest BCUT2D eigenvalue weighted by Gasteiger charge is -2.33. The van der Waals surface area contributed by atoms with Crippen LogP contribution in [0.25, 0.3) is 0 Å². The summed E-state index contributed by atoms with van der Waals surface area (Å²) in [7, 11) is 0. The van der Waals surface area contributed by atoms with E-state index >= 15 is 0 Å². The molecule has 1 aliphatic heterocycles. The molecule has 1 fully saturated rings.